The van der Waals surface area contributed by atoms with Crippen LogP contribution in [0.25, 0.3) is 11.1 Å². The Hall–Kier alpha value is -3.48. The van der Waals surface area contributed by atoms with Gasteiger partial charge in [0.05, 0.1) is 6.61 Å². The lowest BCUT2D eigenvalue weighted by Crippen LogP contribution is -2.39. The number of benzene rings is 1. The first-order chi connectivity index (χ1) is 14.8. The van der Waals surface area contributed by atoms with E-state index in [1.807, 2.05) is 24.4 Å². The van der Waals surface area contributed by atoms with Crippen molar-refractivity contribution in [2.45, 2.75) is 38.1 Å². The summed E-state index contributed by atoms with van der Waals surface area (Å²) in [4.78, 5) is 13.2. The number of hydrogen-bond donors (Lipinski definition) is 1. The Morgan fingerprint density at radius 1 is 1.10 bits per heavy atom. The number of pyridine rings is 2. The van der Waals surface area contributed by atoms with Crippen LogP contribution in [-0.4, -0.2) is 22.6 Å². The zero-order valence-electron chi connectivity index (χ0n) is 17.6. The number of ether oxygens (including phenoxy) is 2. The second kappa shape index (κ2) is 6.77. The second-order valence-electron chi connectivity index (χ2n) is 8.89. The number of rotatable bonds is 1. The van der Waals surface area contributed by atoms with Crippen molar-refractivity contribution < 1.29 is 13.9 Å². The molecule has 2 aliphatic rings. The summed E-state index contributed by atoms with van der Waals surface area (Å²) in [5.41, 5.74) is 8.92. The van der Waals surface area contributed by atoms with Crippen LogP contribution < -0.4 is 10.5 Å². The molecule has 158 valence electrons. The quantitative estimate of drug-likeness (QED) is 0.581. The summed E-state index contributed by atoms with van der Waals surface area (Å²) >= 11 is 0. The first-order valence-electron chi connectivity index (χ1n) is 10.2. The maximum absolute atomic E-state index is 14.4. The molecule has 2 aromatic heterocycles. The van der Waals surface area contributed by atoms with E-state index >= 15 is 0 Å². The molecule has 7 heteroatoms. The van der Waals surface area contributed by atoms with Crippen LogP contribution in [0, 0.1) is 5.95 Å². The van der Waals surface area contributed by atoms with Gasteiger partial charge >= 0.3 is 0 Å². The van der Waals surface area contributed by atoms with E-state index in [4.69, 9.17) is 20.2 Å². The van der Waals surface area contributed by atoms with E-state index in [9.17, 15) is 4.39 Å². The van der Waals surface area contributed by atoms with Gasteiger partial charge in [-0.2, -0.15) is 4.39 Å². The van der Waals surface area contributed by atoms with Crippen LogP contribution in [0.1, 0.15) is 43.9 Å². The molecule has 0 bridgehead atoms. The maximum atomic E-state index is 14.4. The molecule has 1 spiro atoms. The van der Waals surface area contributed by atoms with Crippen molar-refractivity contribution in [3.63, 3.8) is 0 Å². The van der Waals surface area contributed by atoms with Gasteiger partial charge in [0.25, 0.3) is 6.02 Å². The van der Waals surface area contributed by atoms with Gasteiger partial charge < -0.3 is 15.2 Å². The van der Waals surface area contributed by atoms with Crippen LogP contribution in [0.4, 0.5) is 4.39 Å². The van der Waals surface area contributed by atoms with E-state index in [1.54, 1.807) is 12.1 Å². The van der Waals surface area contributed by atoms with Gasteiger partial charge in [0.15, 0.2) is 0 Å². The highest BCUT2D eigenvalue weighted by Crippen LogP contribution is 2.52. The summed E-state index contributed by atoms with van der Waals surface area (Å²) in [7, 11) is 0. The van der Waals surface area contributed by atoms with E-state index < -0.39 is 11.5 Å². The highest BCUT2D eigenvalue weighted by atomic mass is 19.1. The molecule has 2 N–H and O–H groups in total. The molecular weight excluding hydrogens is 395 g/mol. The highest BCUT2D eigenvalue weighted by Gasteiger charge is 2.46. The molecule has 4 heterocycles. The van der Waals surface area contributed by atoms with Crippen molar-refractivity contribution in [1.29, 1.82) is 0 Å². The molecule has 0 aliphatic carbocycles. The van der Waals surface area contributed by atoms with Gasteiger partial charge in [-0.3, -0.25) is 0 Å². The van der Waals surface area contributed by atoms with Crippen LogP contribution in [-0.2, 0) is 15.7 Å². The molecule has 6 nitrogen and oxygen atoms in total. The topological polar surface area (TPSA) is 82.6 Å². The third-order valence-corrected chi connectivity index (χ3v) is 5.88. The number of aromatic nitrogens is 2. The molecule has 2 aliphatic heterocycles. The number of hydrogen-bond acceptors (Lipinski definition) is 6. The zero-order chi connectivity index (χ0) is 21.8. The van der Waals surface area contributed by atoms with Gasteiger partial charge in [0.1, 0.15) is 11.3 Å². The van der Waals surface area contributed by atoms with Gasteiger partial charge in [0, 0.05) is 35.5 Å². The van der Waals surface area contributed by atoms with Crippen molar-refractivity contribution in [3.05, 3.63) is 71.4 Å². The highest BCUT2D eigenvalue weighted by molar-refractivity contribution is 5.76. The largest absolute Gasteiger partial charge is 0.465 e. The molecule has 0 saturated carbocycles. The lowest BCUT2D eigenvalue weighted by molar-refractivity contribution is 0.218. The van der Waals surface area contributed by atoms with E-state index in [1.165, 1.54) is 6.20 Å². The van der Waals surface area contributed by atoms with Crippen LogP contribution in [0.15, 0.2) is 53.8 Å². The molecule has 0 amide bonds. The number of halogens is 1. The summed E-state index contributed by atoms with van der Waals surface area (Å²) in [6.07, 6.45) is 3.83. The Labute approximate surface area is 180 Å². The molecule has 1 aromatic carbocycles. The number of aliphatic imine (C=N–C) groups is 1. The summed E-state index contributed by atoms with van der Waals surface area (Å²) in [6, 6.07) is 11.2. The third-order valence-electron chi connectivity index (χ3n) is 5.88. The molecule has 1 atom stereocenters. The minimum Gasteiger partial charge on any atom is -0.465 e. The Morgan fingerprint density at radius 2 is 1.94 bits per heavy atom. The normalized spacial score (nSPS) is 19.7. The summed E-state index contributed by atoms with van der Waals surface area (Å²) < 4.78 is 26.0. The summed E-state index contributed by atoms with van der Waals surface area (Å²) in [6.45, 7) is 6.79. The van der Waals surface area contributed by atoms with E-state index in [2.05, 4.69) is 36.8 Å². The van der Waals surface area contributed by atoms with Crippen molar-refractivity contribution >= 4 is 6.02 Å². The molecule has 5 rings (SSSR count). The Balaban J connectivity index is 1.77. The molecule has 31 heavy (non-hydrogen) atoms. The van der Waals surface area contributed by atoms with Crippen LogP contribution in [0.3, 0.4) is 0 Å². The van der Waals surface area contributed by atoms with E-state index in [-0.39, 0.29) is 11.4 Å². The van der Waals surface area contributed by atoms with Gasteiger partial charge in [0.2, 0.25) is 11.8 Å². The number of nitrogens with two attached hydrogens (primary N) is 1. The van der Waals surface area contributed by atoms with Crippen LogP contribution in [0.5, 0.6) is 11.6 Å². The molecule has 0 saturated heterocycles. The number of nitrogens with zero attached hydrogens (tertiary/aromatic N) is 3. The smallest absolute Gasteiger partial charge is 0.283 e. The minimum atomic E-state index is -0.825. The number of amidine groups is 1. The lowest BCUT2D eigenvalue weighted by Gasteiger charge is -2.39. The monoisotopic (exact) mass is 418 g/mol. The first kappa shape index (κ1) is 19.5. The molecular formula is C24H23FN4O2. The molecule has 0 fully saturated rings. The van der Waals surface area contributed by atoms with E-state index in [0.29, 0.717) is 35.8 Å². The SMILES string of the molecule is CC(C)(C)c1cnc2c(c1)[C@]1(CCOC(N)=N1)c1cc(-c3cccnc3F)ccc1O2. The molecule has 0 unspecified atom stereocenters. The molecule has 3 aromatic rings. The summed E-state index contributed by atoms with van der Waals surface area (Å²) in [5, 5.41) is 0. The number of fused-ring (bicyclic) bond motifs is 4. The summed E-state index contributed by atoms with van der Waals surface area (Å²) in [5.74, 6) is 0.592. The second-order valence-corrected chi connectivity index (χ2v) is 8.89. The fourth-order valence-electron chi connectivity index (χ4n) is 4.17. The predicted molar refractivity (Wildman–Crippen MR) is 116 cm³/mol. The first-order valence-corrected chi connectivity index (χ1v) is 10.2. The lowest BCUT2D eigenvalue weighted by atomic mass is 9.76. The van der Waals surface area contributed by atoms with Gasteiger partial charge in [-0.15, -0.1) is 0 Å². The van der Waals surface area contributed by atoms with Crippen molar-refractivity contribution in [3.8, 4) is 22.8 Å². The van der Waals surface area contributed by atoms with Crippen molar-refractivity contribution in [2.75, 3.05) is 6.61 Å². The fraction of sp³-hybridized carbons (Fsp3) is 0.292. The van der Waals surface area contributed by atoms with Crippen molar-refractivity contribution in [1.82, 2.24) is 9.97 Å². The van der Waals surface area contributed by atoms with Gasteiger partial charge in [-0.25, -0.2) is 15.0 Å². The van der Waals surface area contributed by atoms with Crippen LogP contribution >= 0.6 is 0 Å². The van der Waals surface area contributed by atoms with E-state index in [0.717, 1.165) is 16.7 Å². The van der Waals surface area contributed by atoms with Gasteiger partial charge in [-0.1, -0.05) is 26.8 Å². The predicted octanol–water partition coefficient (Wildman–Crippen LogP) is 4.66. The average molecular weight is 418 g/mol. The standard InChI is InChI=1S/C24H23FN4O2/c1-23(2,3)15-12-18-21(28-13-15)31-19-7-6-14(16-5-4-9-27-20(16)25)11-17(19)24(18)8-10-30-22(26)29-24/h4-7,9,11-13H,8,10H2,1-3H3,(H2,26,29)/t24-/m0/s1. The zero-order valence-corrected chi connectivity index (χ0v) is 17.6. The van der Waals surface area contributed by atoms with Gasteiger partial charge in [-0.05, 0) is 46.9 Å². The fourth-order valence-corrected chi connectivity index (χ4v) is 4.17. The third kappa shape index (κ3) is 3.12. The molecule has 0 radical (unpaired) electrons. The average Bonchev–Trinajstić information content (AvgIpc) is 2.73. The van der Waals surface area contributed by atoms with Crippen molar-refractivity contribution in [2.24, 2.45) is 10.7 Å². The van der Waals surface area contributed by atoms with Crippen LogP contribution in [0.2, 0.25) is 0 Å². The maximum Gasteiger partial charge on any atom is 0.283 e. The Kier molecular flexibility index (Phi) is 4.25. The minimum absolute atomic E-state index is 0.107. The Bertz CT molecular complexity index is 1220. The Morgan fingerprint density at radius 3 is 2.68 bits per heavy atom.